The number of esters is 1. The molecule has 0 atom stereocenters. The van der Waals surface area contributed by atoms with Crippen LogP contribution in [0.15, 0.2) is 12.1 Å². The molecule has 0 saturated heterocycles. The van der Waals surface area contributed by atoms with Gasteiger partial charge >= 0.3 is 5.97 Å². The van der Waals surface area contributed by atoms with Gasteiger partial charge in [-0.3, -0.25) is 4.79 Å². The van der Waals surface area contributed by atoms with Gasteiger partial charge in [0.05, 0.1) is 17.9 Å². The van der Waals surface area contributed by atoms with Crippen LogP contribution in [0.4, 0.5) is 5.69 Å². The van der Waals surface area contributed by atoms with Crippen molar-refractivity contribution in [2.45, 2.75) is 13.3 Å². The first-order chi connectivity index (χ1) is 8.04. The van der Waals surface area contributed by atoms with Gasteiger partial charge in [-0.25, -0.2) is 0 Å². The third-order valence-electron chi connectivity index (χ3n) is 1.87. The number of halogens is 1. The van der Waals surface area contributed by atoms with Gasteiger partial charge in [-0.05, 0) is 19.1 Å². The lowest BCUT2D eigenvalue weighted by molar-refractivity contribution is -0.141. The Morgan fingerprint density at radius 2 is 2.29 bits per heavy atom. The van der Waals surface area contributed by atoms with Crippen LogP contribution in [0.5, 0.6) is 5.75 Å². The molecule has 0 spiro atoms. The van der Waals surface area contributed by atoms with E-state index in [0.717, 1.165) is 0 Å². The molecule has 0 heterocycles. The van der Waals surface area contributed by atoms with Crippen molar-refractivity contribution < 1.29 is 14.6 Å². The number of hydrogen-bond donors (Lipinski definition) is 2. The molecule has 0 bridgehead atoms. The summed E-state index contributed by atoms with van der Waals surface area (Å²) in [6.45, 7) is 2.03. The fourth-order valence-corrected chi connectivity index (χ4v) is 1.37. The Morgan fingerprint density at radius 3 is 2.94 bits per heavy atom. The van der Waals surface area contributed by atoms with Crippen LogP contribution in [0.3, 0.4) is 0 Å². The quantitative estimate of drug-likeness (QED) is 0.366. The van der Waals surface area contributed by atoms with E-state index < -0.39 is 5.97 Å². The van der Waals surface area contributed by atoms with Gasteiger partial charge in [0.25, 0.3) is 0 Å². The monoisotopic (exact) mass is 253 g/mol. The molecule has 1 aromatic carbocycles. The third kappa shape index (κ3) is 3.89. The molecule has 0 aromatic heterocycles. The molecule has 4 nitrogen and oxygen atoms in total. The molecule has 0 aliphatic carbocycles. The summed E-state index contributed by atoms with van der Waals surface area (Å²) < 4.78 is 4.70. The van der Waals surface area contributed by atoms with Crippen LogP contribution in [-0.2, 0) is 9.53 Å². The number of rotatable bonds is 2. The minimum atomic E-state index is -0.408. The first-order valence-corrected chi connectivity index (χ1v) is 5.35. The average molecular weight is 254 g/mol. The Morgan fingerprint density at radius 1 is 1.59 bits per heavy atom. The summed E-state index contributed by atoms with van der Waals surface area (Å²) in [6.07, 6.45) is -0.0420. The summed E-state index contributed by atoms with van der Waals surface area (Å²) in [5.41, 5.74) is 5.95. The van der Waals surface area contributed by atoms with Gasteiger partial charge in [-0.15, -0.1) is 0 Å². The van der Waals surface area contributed by atoms with E-state index in [1.165, 1.54) is 12.1 Å². The Kier molecular flexibility index (Phi) is 4.68. The number of aromatic hydroxyl groups is 1. The second-order valence-corrected chi connectivity index (χ2v) is 3.61. The Labute approximate surface area is 104 Å². The molecule has 0 unspecified atom stereocenters. The zero-order valence-corrected chi connectivity index (χ0v) is 10.0. The van der Waals surface area contributed by atoms with Crippen molar-refractivity contribution in [3.63, 3.8) is 0 Å². The topological polar surface area (TPSA) is 72.5 Å². The lowest BCUT2D eigenvalue weighted by Gasteiger charge is -2.01. The van der Waals surface area contributed by atoms with Crippen molar-refractivity contribution in [2.24, 2.45) is 0 Å². The SMILES string of the molecule is CCOC(=O)CC#Cc1cc(Cl)cc(N)c1O. The van der Waals surface area contributed by atoms with Crippen molar-refractivity contribution in [3.8, 4) is 17.6 Å². The summed E-state index contributed by atoms with van der Waals surface area (Å²) >= 11 is 5.76. The summed E-state index contributed by atoms with van der Waals surface area (Å²) in [7, 11) is 0. The molecule has 3 N–H and O–H groups in total. The van der Waals surface area contributed by atoms with Crippen molar-refractivity contribution in [2.75, 3.05) is 12.3 Å². The second kappa shape index (κ2) is 6.02. The zero-order chi connectivity index (χ0) is 12.8. The number of nitrogen functional groups attached to an aromatic ring is 1. The minimum Gasteiger partial charge on any atom is -0.505 e. The highest BCUT2D eigenvalue weighted by molar-refractivity contribution is 6.31. The normalized spacial score (nSPS) is 9.29. The Bertz CT molecular complexity index is 489. The van der Waals surface area contributed by atoms with Crippen molar-refractivity contribution in [1.82, 2.24) is 0 Å². The van der Waals surface area contributed by atoms with E-state index in [0.29, 0.717) is 17.2 Å². The van der Waals surface area contributed by atoms with Crippen LogP contribution >= 0.6 is 11.6 Å². The van der Waals surface area contributed by atoms with Crippen LogP contribution in [-0.4, -0.2) is 17.7 Å². The maximum Gasteiger partial charge on any atom is 0.317 e. The van der Waals surface area contributed by atoms with E-state index in [4.69, 9.17) is 22.1 Å². The first-order valence-electron chi connectivity index (χ1n) is 4.97. The Hall–Kier alpha value is -1.86. The van der Waals surface area contributed by atoms with Gasteiger partial charge < -0.3 is 15.6 Å². The summed E-state index contributed by atoms with van der Waals surface area (Å²) in [5.74, 6) is 4.66. The largest absolute Gasteiger partial charge is 0.505 e. The van der Waals surface area contributed by atoms with Crippen LogP contribution in [0.25, 0.3) is 0 Å². The molecule has 0 saturated carbocycles. The minimum absolute atomic E-state index is 0.0420. The standard InChI is InChI=1S/C12H12ClNO3/c1-2-17-11(15)5-3-4-8-6-9(13)7-10(14)12(8)16/h6-7,16H,2,5,14H2,1H3. The van der Waals surface area contributed by atoms with E-state index in [1.807, 2.05) is 0 Å². The number of benzene rings is 1. The van der Waals surface area contributed by atoms with E-state index in [1.54, 1.807) is 6.92 Å². The number of carbonyl (C=O) groups is 1. The van der Waals surface area contributed by atoms with E-state index in [-0.39, 0.29) is 17.9 Å². The highest BCUT2D eigenvalue weighted by atomic mass is 35.5. The third-order valence-corrected chi connectivity index (χ3v) is 2.08. The molecule has 1 rings (SSSR count). The highest BCUT2D eigenvalue weighted by Crippen LogP contribution is 2.28. The fraction of sp³-hybridized carbons (Fsp3) is 0.250. The lowest BCUT2D eigenvalue weighted by atomic mass is 10.1. The summed E-state index contributed by atoms with van der Waals surface area (Å²) in [6, 6.07) is 2.90. The van der Waals surface area contributed by atoms with Gasteiger partial charge in [0.2, 0.25) is 0 Å². The number of anilines is 1. The van der Waals surface area contributed by atoms with Gasteiger partial charge in [0.15, 0.2) is 5.75 Å². The van der Waals surface area contributed by atoms with Crippen LogP contribution < -0.4 is 5.73 Å². The number of phenolic OH excluding ortho intramolecular Hbond substituents is 1. The van der Waals surface area contributed by atoms with Crippen molar-refractivity contribution >= 4 is 23.3 Å². The number of phenols is 1. The van der Waals surface area contributed by atoms with Crippen LogP contribution in [0.1, 0.15) is 18.9 Å². The molecule has 0 radical (unpaired) electrons. The van der Waals surface area contributed by atoms with E-state index >= 15 is 0 Å². The predicted molar refractivity (Wildman–Crippen MR) is 65.7 cm³/mol. The number of carbonyl (C=O) groups excluding carboxylic acids is 1. The number of hydrogen-bond acceptors (Lipinski definition) is 4. The molecule has 90 valence electrons. The van der Waals surface area contributed by atoms with E-state index in [2.05, 4.69) is 11.8 Å². The number of ether oxygens (including phenoxy) is 1. The molecule has 0 aliphatic heterocycles. The van der Waals surface area contributed by atoms with Crippen LogP contribution in [0, 0.1) is 11.8 Å². The van der Waals surface area contributed by atoms with Crippen molar-refractivity contribution in [3.05, 3.63) is 22.7 Å². The van der Waals surface area contributed by atoms with Gasteiger partial charge in [0, 0.05) is 5.02 Å². The summed E-state index contributed by atoms with van der Waals surface area (Å²) in [5, 5.41) is 9.96. The summed E-state index contributed by atoms with van der Waals surface area (Å²) in [4.78, 5) is 11.0. The maximum atomic E-state index is 11.0. The van der Waals surface area contributed by atoms with Crippen LogP contribution in [0.2, 0.25) is 5.02 Å². The molecular weight excluding hydrogens is 242 g/mol. The molecule has 0 aliphatic rings. The molecule has 0 fully saturated rings. The molecular formula is C12H12ClNO3. The smallest absolute Gasteiger partial charge is 0.317 e. The van der Waals surface area contributed by atoms with Gasteiger partial charge in [-0.2, -0.15) is 0 Å². The molecule has 0 amide bonds. The predicted octanol–water partition coefficient (Wildman–Crippen LogP) is 1.93. The molecule has 1 aromatic rings. The molecule has 5 heteroatoms. The maximum absolute atomic E-state index is 11.0. The van der Waals surface area contributed by atoms with E-state index in [9.17, 15) is 9.90 Å². The lowest BCUT2D eigenvalue weighted by Crippen LogP contribution is -2.01. The zero-order valence-electron chi connectivity index (χ0n) is 9.29. The van der Waals surface area contributed by atoms with Gasteiger partial charge in [0.1, 0.15) is 6.42 Å². The first kappa shape index (κ1) is 13.2. The van der Waals surface area contributed by atoms with Gasteiger partial charge in [-0.1, -0.05) is 23.4 Å². The molecule has 17 heavy (non-hydrogen) atoms. The second-order valence-electron chi connectivity index (χ2n) is 3.17. The fourth-order valence-electron chi connectivity index (χ4n) is 1.14. The highest BCUT2D eigenvalue weighted by Gasteiger charge is 2.04. The number of nitrogens with two attached hydrogens (primary N) is 1. The Balaban J connectivity index is 2.82. The average Bonchev–Trinajstić information content (AvgIpc) is 2.25. The van der Waals surface area contributed by atoms with Crippen molar-refractivity contribution in [1.29, 1.82) is 0 Å².